The van der Waals surface area contributed by atoms with E-state index in [9.17, 15) is 14.9 Å². The third-order valence-corrected chi connectivity index (χ3v) is 3.28. The zero-order valence-electron chi connectivity index (χ0n) is 12.1. The summed E-state index contributed by atoms with van der Waals surface area (Å²) in [5.74, 6) is -0.338. The number of carbonyl (C=O) groups is 1. The largest absolute Gasteiger partial charge is 0.346 e. The molecule has 7 heteroatoms. The first-order valence-corrected chi connectivity index (χ1v) is 6.42. The molecule has 2 aromatic rings. The number of hydrogen-bond donors (Lipinski definition) is 1. The predicted molar refractivity (Wildman–Crippen MR) is 76.9 cm³/mol. The number of nitro groups is 1. The topological polar surface area (TPSA) is 90.1 Å². The third-order valence-electron chi connectivity index (χ3n) is 3.28. The van der Waals surface area contributed by atoms with Gasteiger partial charge in [-0.05, 0) is 26.0 Å². The molecule has 0 radical (unpaired) electrons. The van der Waals surface area contributed by atoms with Crippen LogP contribution in [-0.4, -0.2) is 20.6 Å². The van der Waals surface area contributed by atoms with Crippen LogP contribution in [0.15, 0.2) is 24.3 Å². The molecule has 1 N–H and O–H groups in total. The highest BCUT2D eigenvalue weighted by molar-refractivity contribution is 5.96. The lowest BCUT2D eigenvalue weighted by molar-refractivity contribution is -0.385. The van der Waals surface area contributed by atoms with E-state index in [1.807, 2.05) is 13.0 Å². The van der Waals surface area contributed by atoms with Gasteiger partial charge < -0.3 is 5.32 Å². The standard InChI is InChI=1S/C14H16N4O3/c1-9-7-11(17(3)16-9)8-15-14(19)12-5-4-6-13(10(12)2)18(20)21/h4-7H,8H2,1-3H3,(H,15,19). The third kappa shape index (κ3) is 3.07. The average molecular weight is 288 g/mol. The summed E-state index contributed by atoms with van der Waals surface area (Å²) in [7, 11) is 1.80. The Labute approximate surface area is 121 Å². The van der Waals surface area contributed by atoms with Gasteiger partial charge in [0, 0.05) is 24.2 Å². The summed E-state index contributed by atoms with van der Waals surface area (Å²) in [6.07, 6.45) is 0. The monoisotopic (exact) mass is 288 g/mol. The van der Waals surface area contributed by atoms with Crippen molar-refractivity contribution in [3.63, 3.8) is 0 Å². The summed E-state index contributed by atoms with van der Waals surface area (Å²) in [5, 5.41) is 17.8. The first-order chi connectivity index (χ1) is 9.90. The van der Waals surface area contributed by atoms with Gasteiger partial charge in [0.25, 0.3) is 11.6 Å². The lowest BCUT2D eigenvalue weighted by Crippen LogP contribution is -2.25. The minimum atomic E-state index is -0.489. The quantitative estimate of drug-likeness (QED) is 0.687. The van der Waals surface area contributed by atoms with Crippen LogP contribution < -0.4 is 5.32 Å². The van der Waals surface area contributed by atoms with E-state index in [0.717, 1.165) is 11.4 Å². The highest BCUT2D eigenvalue weighted by Gasteiger charge is 2.17. The number of nitrogens with zero attached hydrogens (tertiary/aromatic N) is 3. The van der Waals surface area contributed by atoms with Crippen LogP contribution >= 0.6 is 0 Å². The second-order valence-corrected chi connectivity index (χ2v) is 4.79. The maximum atomic E-state index is 12.2. The van der Waals surface area contributed by atoms with Gasteiger partial charge in [0.05, 0.1) is 22.9 Å². The fourth-order valence-electron chi connectivity index (χ4n) is 2.16. The molecule has 1 amide bonds. The van der Waals surface area contributed by atoms with Crippen LogP contribution in [0.2, 0.25) is 0 Å². The van der Waals surface area contributed by atoms with Gasteiger partial charge in [0.15, 0.2) is 0 Å². The molecule has 0 saturated carbocycles. The molecule has 0 unspecified atom stereocenters. The van der Waals surface area contributed by atoms with Crippen molar-refractivity contribution in [3.05, 3.63) is 56.9 Å². The van der Waals surface area contributed by atoms with Crippen molar-refractivity contribution in [3.8, 4) is 0 Å². The highest BCUT2D eigenvalue weighted by atomic mass is 16.6. The molecule has 0 aliphatic carbocycles. The SMILES string of the molecule is Cc1cc(CNC(=O)c2cccc([N+](=O)[O-])c2C)n(C)n1. The molecule has 0 fully saturated rings. The summed E-state index contributed by atoms with van der Waals surface area (Å²) in [5.41, 5.74) is 2.35. The van der Waals surface area contributed by atoms with Crippen molar-refractivity contribution in [1.82, 2.24) is 15.1 Å². The summed E-state index contributed by atoms with van der Waals surface area (Å²) in [4.78, 5) is 22.6. The molecule has 2 rings (SSSR count). The zero-order valence-corrected chi connectivity index (χ0v) is 12.1. The van der Waals surface area contributed by atoms with Crippen molar-refractivity contribution in [1.29, 1.82) is 0 Å². The molecule has 0 saturated heterocycles. The molecule has 1 heterocycles. The molecule has 0 atom stereocenters. The minimum Gasteiger partial charge on any atom is -0.346 e. The van der Waals surface area contributed by atoms with E-state index in [1.54, 1.807) is 24.7 Å². The molecular weight excluding hydrogens is 272 g/mol. The Morgan fingerprint density at radius 2 is 2.14 bits per heavy atom. The van der Waals surface area contributed by atoms with Crippen LogP contribution in [0.3, 0.4) is 0 Å². The molecular formula is C14H16N4O3. The number of amides is 1. The van der Waals surface area contributed by atoms with Gasteiger partial charge in [0.2, 0.25) is 0 Å². The number of aromatic nitrogens is 2. The minimum absolute atomic E-state index is 0.0565. The van der Waals surface area contributed by atoms with Crippen molar-refractivity contribution in [2.75, 3.05) is 0 Å². The van der Waals surface area contributed by atoms with E-state index < -0.39 is 4.92 Å². The van der Waals surface area contributed by atoms with Crippen LogP contribution in [0.1, 0.15) is 27.3 Å². The maximum Gasteiger partial charge on any atom is 0.273 e. The Morgan fingerprint density at radius 3 is 2.71 bits per heavy atom. The van der Waals surface area contributed by atoms with Crippen LogP contribution in [0, 0.1) is 24.0 Å². The van der Waals surface area contributed by atoms with E-state index >= 15 is 0 Å². The summed E-state index contributed by atoms with van der Waals surface area (Å²) >= 11 is 0. The highest BCUT2D eigenvalue weighted by Crippen LogP contribution is 2.21. The number of nitro benzene ring substituents is 1. The number of rotatable bonds is 4. The first-order valence-electron chi connectivity index (χ1n) is 6.42. The molecule has 0 spiro atoms. The zero-order chi connectivity index (χ0) is 15.6. The Morgan fingerprint density at radius 1 is 1.43 bits per heavy atom. The van der Waals surface area contributed by atoms with Gasteiger partial charge in [0.1, 0.15) is 0 Å². The van der Waals surface area contributed by atoms with Crippen molar-refractivity contribution in [2.24, 2.45) is 7.05 Å². The lowest BCUT2D eigenvalue weighted by Gasteiger charge is -2.08. The Bertz CT molecular complexity index is 706. The molecule has 21 heavy (non-hydrogen) atoms. The normalized spacial score (nSPS) is 10.4. The van der Waals surface area contributed by atoms with E-state index in [2.05, 4.69) is 10.4 Å². The van der Waals surface area contributed by atoms with Crippen LogP contribution in [0.5, 0.6) is 0 Å². The molecule has 110 valence electrons. The van der Waals surface area contributed by atoms with Crippen LogP contribution in [0.25, 0.3) is 0 Å². The summed E-state index contributed by atoms with van der Waals surface area (Å²) < 4.78 is 1.69. The van der Waals surface area contributed by atoms with Crippen molar-refractivity contribution in [2.45, 2.75) is 20.4 Å². The second-order valence-electron chi connectivity index (χ2n) is 4.79. The van der Waals surface area contributed by atoms with Gasteiger partial charge >= 0.3 is 0 Å². The van der Waals surface area contributed by atoms with E-state index in [0.29, 0.717) is 17.7 Å². The summed E-state index contributed by atoms with van der Waals surface area (Å²) in [6, 6.07) is 6.34. The number of benzene rings is 1. The fraction of sp³-hybridized carbons (Fsp3) is 0.286. The van der Waals surface area contributed by atoms with E-state index in [1.165, 1.54) is 12.1 Å². The van der Waals surface area contributed by atoms with E-state index in [-0.39, 0.29) is 11.6 Å². The Hall–Kier alpha value is -2.70. The molecule has 0 bridgehead atoms. The smallest absolute Gasteiger partial charge is 0.273 e. The maximum absolute atomic E-state index is 12.2. The van der Waals surface area contributed by atoms with Crippen LogP contribution in [0.4, 0.5) is 5.69 Å². The Balaban J connectivity index is 2.16. The molecule has 7 nitrogen and oxygen atoms in total. The fourth-order valence-corrected chi connectivity index (χ4v) is 2.16. The number of hydrogen-bond acceptors (Lipinski definition) is 4. The number of nitrogens with one attached hydrogen (secondary N) is 1. The van der Waals surface area contributed by atoms with Gasteiger partial charge in [-0.1, -0.05) is 6.07 Å². The van der Waals surface area contributed by atoms with Gasteiger partial charge in [-0.15, -0.1) is 0 Å². The Kier molecular flexibility index (Phi) is 4.02. The second kappa shape index (κ2) is 5.74. The lowest BCUT2D eigenvalue weighted by atomic mass is 10.1. The molecule has 1 aromatic carbocycles. The van der Waals surface area contributed by atoms with Gasteiger partial charge in [-0.25, -0.2) is 0 Å². The number of carbonyl (C=O) groups excluding carboxylic acids is 1. The summed E-state index contributed by atoms with van der Waals surface area (Å²) in [6.45, 7) is 3.76. The molecule has 1 aromatic heterocycles. The van der Waals surface area contributed by atoms with E-state index in [4.69, 9.17) is 0 Å². The predicted octanol–water partition coefficient (Wildman–Crippen LogP) is 1.88. The van der Waals surface area contributed by atoms with Crippen molar-refractivity contribution >= 4 is 11.6 Å². The van der Waals surface area contributed by atoms with Crippen molar-refractivity contribution < 1.29 is 9.72 Å². The molecule has 0 aliphatic rings. The van der Waals surface area contributed by atoms with Gasteiger partial charge in [-0.2, -0.15) is 5.10 Å². The van der Waals surface area contributed by atoms with Crippen LogP contribution in [-0.2, 0) is 13.6 Å². The van der Waals surface area contributed by atoms with Gasteiger partial charge in [-0.3, -0.25) is 19.6 Å². The first kappa shape index (κ1) is 14.7. The average Bonchev–Trinajstić information content (AvgIpc) is 2.74. The number of aryl methyl sites for hydroxylation is 2. The molecule has 0 aliphatic heterocycles.